The first-order valence-corrected chi connectivity index (χ1v) is 7.89. The Labute approximate surface area is 124 Å². The van der Waals surface area contributed by atoms with E-state index in [4.69, 9.17) is 16.3 Å². The molecule has 2 rings (SSSR count). The summed E-state index contributed by atoms with van der Waals surface area (Å²) in [6.45, 7) is 10.6. The van der Waals surface area contributed by atoms with Crippen LogP contribution in [0.1, 0.15) is 46.5 Å². The molecule has 102 valence electrons. The molecule has 1 spiro atoms. The van der Waals surface area contributed by atoms with Crippen LogP contribution in [0.2, 0.25) is 0 Å². The van der Waals surface area contributed by atoms with Crippen molar-refractivity contribution in [1.82, 2.24) is 0 Å². The largest absolute Gasteiger partial charge is 0.363 e. The molecule has 0 aromatic carbocycles. The van der Waals surface area contributed by atoms with E-state index >= 15 is 0 Å². The first-order valence-electron chi connectivity index (χ1n) is 6.59. The molecule has 1 heterocycles. The maximum atomic E-state index is 6.51. The van der Waals surface area contributed by atoms with E-state index in [1.165, 1.54) is 11.1 Å². The van der Waals surface area contributed by atoms with Gasteiger partial charge in [0, 0.05) is 11.2 Å². The van der Waals surface area contributed by atoms with Crippen LogP contribution in [-0.4, -0.2) is 21.4 Å². The molecular weight excluding hydrogens is 312 g/mol. The highest BCUT2D eigenvalue weighted by molar-refractivity contribution is 9.09. The van der Waals surface area contributed by atoms with E-state index in [1.807, 2.05) is 0 Å². The average molecular weight is 334 g/mol. The molecule has 1 aliphatic heterocycles. The quantitative estimate of drug-likeness (QED) is 0.485. The summed E-state index contributed by atoms with van der Waals surface area (Å²) in [6, 6.07) is 0. The van der Waals surface area contributed by atoms with Crippen molar-refractivity contribution in [3.8, 4) is 0 Å². The van der Waals surface area contributed by atoms with Gasteiger partial charge in [0.05, 0.1) is 16.6 Å². The van der Waals surface area contributed by atoms with E-state index in [1.54, 1.807) is 0 Å². The van der Waals surface area contributed by atoms with Crippen molar-refractivity contribution in [3.05, 3.63) is 23.8 Å². The number of hydrogen-bond acceptors (Lipinski definition) is 1. The van der Waals surface area contributed by atoms with Gasteiger partial charge in [-0.25, -0.2) is 0 Å². The van der Waals surface area contributed by atoms with Crippen LogP contribution < -0.4 is 0 Å². The second kappa shape index (κ2) is 4.96. The standard InChI is InChI=1S/C15H22BrClO/c1-10(2)7-12-8-11(3)15(18-12)6-5-14(4,17)13(16)9-15/h7,12-13H,3,5-6,8-9H2,1-2,4H3/t12-,13+,14+,15-/m1/s1. The molecule has 0 aromatic heterocycles. The third-order valence-electron chi connectivity index (χ3n) is 4.17. The number of allylic oxidation sites excluding steroid dienone is 1. The Balaban J connectivity index is 2.14. The fourth-order valence-electron chi connectivity index (χ4n) is 2.94. The van der Waals surface area contributed by atoms with Crippen LogP contribution in [0.3, 0.4) is 0 Å². The van der Waals surface area contributed by atoms with Gasteiger partial charge in [0.1, 0.15) is 0 Å². The molecule has 2 fully saturated rings. The minimum Gasteiger partial charge on any atom is -0.363 e. The molecule has 0 bridgehead atoms. The van der Waals surface area contributed by atoms with Gasteiger partial charge in [-0.2, -0.15) is 0 Å². The molecule has 4 atom stereocenters. The lowest BCUT2D eigenvalue weighted by Gasteiger charge is -2.43. The van der Waals surface area contributed by atoms with E-state index in [2.05, 4.69) is 49.4 Å². The van der Waals surface area contributed by atoms with Gasteiger partial charge in [0.15, 0.2) is 0 Å². The highest BCUT2D eigenvalue weighted by Crippen LogP contribution is 2.51. The molecule has 0 amide bonds. The van der Waals surface area contributed by atoms with Crippen molar-refractivity contribution < 1.29 is 4.74 Å². The van der Waals surface area contributed by atoms with Crippen molar-refractivity contribution >= 4 is 27.5 Å². The van der Waals surface area contributed by atoms with Crippen LogP contribution >= 0.6 is 27.5 Å². The highest BCUT2D eigenvalue weighted by atomic mass is 79.9. The molecule has 18 heavy (non-hydrogen) atoms. The molecule has 2 aliphatic rings. The molecule has 3 heteroatoms. The summed E-state index contributed by atoms with van der Waals surface area (Å²) in [5.41, 5.74) is 2.39. The zero-order chi connectivity index (χ0) is 13.6. The molecule has 0 unspecified atom stereocenters. The van der Waals surface area contributed by atoms with E-state index in [9.17, 15) is 0 Å². The topological polar surface area (TPSA) is 9.23 Å². The number of alkyl halides is 2. The van der Waals surface area contributed by atoms with Crippen molar-refractivity contribution in [2.75, 3.05) is 0 Å². The highest BCUT2D eigenvalue weighted by Gasteiger charge is 2.51. The summed E-state index contributed by atoms with van der Waals surface area (Å²) in [6.07, 6.45) is 6.23. The summed E-state index contributed by atoms with van der Waals surface area (Å²) in [4.78, 5) is 0.117. The Kier molecular flexibility index (Phi) is 4.02. The van der Waals surface area contributed by atoms with Crippen LogP contribution in [0.15, 0.2) is 23.8 Å². The number of ether oxygens (including phenoxy) is 1. The summed E-state index contributed by atoms with van der Waals surface area (Å²) in [5.74, 6) is 0. The van der Waals surface area contributed by atoms with E-state index in [0.29, 0.717) is 0 Å². The summed E-state index contributed by atoms with van der Waals surface area (Å²) in [7, 11) is 0. The molecule has 1 saturated carbocycles. The van der Waals surface area contributed by atoms with Gasteiger partial charge in [-0.05, 0) is 45.6 Å². The van der Waals surface area contributed by atoms with E-state index in [0.717, 1.165) is 25.7 Å². The van der Waals surface area contributed by atoms with Crippen LogP contribution in [0.4, 0.5) is 0 Å². The molecule has 1 saturated heterocycles. The van der Waals surface area contributed by atoms with Crippen LogP contribution in [0, 0.1) is 0 Å². The van der Waals surface area contributed by atoms with Crippen LogP contribution in [0.5, 0.6) is 0 Å². The third kappa shape index (κ3) is 2.71. The SMILES string of the molecule is C=C1C[C@@H](C=C(C)C)O[C@@]12CC[C@](C)(Cl)[C@@H](Br)C2. The zero-order valence-electron chi connectivity index (χ0n) is 11.4. The Hall–Kier alpha value is 0.210. The van der Waals surface area contributed by atoms with Crippen LogP contribution in [0.25, 0.3) is 0 Å². The molecule has 0 radical (unpaired) electrons. The predicted octanol–water partition coefficient (Wildman–Crippen LogP) is 4.98. The van der Waals surface area contributed by atoms with E-state index < -0.39 is 0 Å². The van der Waals surface area contributed by atoms with Crippen molar-refractivity contribution in [2.24, 2.45) is 0 Å². The van der Waals surface area contributed by atoms with E-state index in [-0.39, 0.29) is 21.4 Å². The first-order chi connectivity index (χ1) is 8.25. The van der Waals surface area contributed by atoms with Crippen molar-refractivity contribution in [3.63, 3.8) is 0 Å². The summed E-state index contributed by atoms with van der Waals surface area (Å²) in [5, 5.41) is 0. The molecule has 0 aromatic rings. The maximum Gasteiger partial charge on any atom is 0.0910 e. The second-order valence-electron chi connectivity index (χ2n) is 6.15. The fraction of sp³-hybridized carbons (Fsp3) is 0.733. The number of halogens is 2. The normalized spacial score (nSPS) is 44.4. The zero-order valence-corrected chi connectivity index (χ0v) is 13.8. The van der Waals surface area contributed by atoms with Gasteiger partial charge in [0.2, 0.25) is 0 Å². The molecular formula is C15H22BrClO. The monoisotopic (exact) mass is 332 g/mol. The smallest absolute Gasteiger partial charge is 0.0910 e. The van der Waals surface area contributed by atoms with Crippen molar-refractivity contribution in [2.45, 2.75) is 67.9 Å². The lowest BCUT2D eigenvalue weighted by atomic mass is 9.75. The molecule has 0 N–H and O–H groups in total. The first kappa shape index (κ1) is 14.6. The fourth-order valence-corrected chi connectivity index (χ4v) is 3.87. The molecule has 1 aliphatic carbocycles. The van der Waals surface area contributed by atoms with Gasteiger partial charge in [-0.1, -0.05) is 34.2 Å². The minimum absolute atomic E-state index is 0.154. The second-order valence-corrected chi connectivity index (χ2v) is 8.12. The number of rotatable bonds is 1. The van der Waals surface area contributed by atoms with Crippen LogP contribution in [-0.2, 0) is 4.74 Å². The number of hydrogen-bond donors (Lipinski definition) is 0. The lowest BCUT2D eigenvalue weighted by molar-refractivity contribution is -0.0340. The van der Waals surface area contributed by atoms with Crippen molar-refractivity contribution in [1.29, 1.82) is 0 Å². The Bertz CT molecular complexity index is 384. The van der Waals surface area contributed by atoms with Gasteiger partial charge in [0.25, 0.3) is 0 Å². The predicted molar refractivity (Wildman–Crippen MR) is 81.6 cm³/mol. The maximum absolute atomic E-state index is 6.51. The van der Waals surface area contributed by atoms with Gasteiger partial charge in [-0.3, -0.25) is 0 Å². The lowest BCUT2D eigenvalue weighted by Crippen LogP contribution is -2.46. The van der Waals surface area contributed by atoms with Gasteiger partial charge < -0.3 is 4.74 Å². The Morgan fingerprint density at radius 2 is 2.17 bits per heavy atom. The summed E-state index contributed by atoms with van der Waals surface area (Å²) >= 11 is 10.2. The third-order valence-corrected chi connectivity index (χ3v) is 6.22. The van der Waals surface area contributed by atoms with Gasteiger partial charge >= 0.3 is 0 Å². The average Bonchev–Trinajstić information content (AvgIpc) is 2.50. The minimum atomic E-state index is -0.163. The molecule has 1 nitrogen and oxygen atoms in total. The Morgan fingerprint density at radius 3 is 2.72 bits per heavy atom. The Morgan fingerprint density at radius 1 is 1.50 bits per heavy atom. The summed E-state index contributed by atoms with van der Waals surface area (Å²) < 4.78 is 6.31. The van der Waals surface area contributed by atoms with Gasteiger partial charge in [-0.15, -0.1) is 11.6 Å².